The maximum absolute atomic E-state index is 14.0. The highest BCUT2D eigenvalue weighted by atomic mass is 16.5. The number of para-hydroxylation sites is 1. The van der Waals surface area contributed by atoms with Crippen LogP contribution in [0.1, 0.15) is 37.5 Å². The van der Waals surface area contributed by atoms with Gasteiger partial charge in [0, 0.05) is 29.4 Å². The van der Waals surface area contributed by atoms with Crippen LogP contribution in [-0.4, -0.2) is 53.9 Å². The van der Waals surface area contributed by atoms with Crippen molar-refractivity contribution in [3.05, 3.63) is 106 Å². The molecule has 0 spiro atoms. The summed E-state index contributed by atoms with van der Waals surface area (Å²) in [6, 6.07) is 23.0. The number of hydrogen-bond acceptors (Lipinski definition) is 7. The molecule has 1 aromatic heterocycles. The summed E-state index contributed by atoms with van der Waals surface area (Å²) in [4.78, 5) is 28.6. The summed E-state index contributed by atoms with van der Waals surface area (Å²) in [6.07, 6.45) is 3.96. The van der Waals surface area contributed by atoms with Crippen molar-refractivity contribution in [2.75, 3.05) is 27.4 Å². The third kappa shape index (κ3) is 6.97. The Kier molecular flexibility index (Phi) is 9.91. The van der Waals surface area contributed by atoms with Crippen molar-refractivity contribution in [2.45, 2.75) is 34.1 Å². The number of ether oxygens (including phenoxy) is 3. The number of nitrogens with zero attached hydrogens (tertiary/aromatic N) is 4. The van der Waals surface area contributed by atoms with Gasteiger partial charge in [0.1, 0.15) is 23.1 Å². The molecule has 240 valence electrons. The number of hydrogen-bond donors (Lipinski definition) is 0. The molecule has 9 nitrogen and oxygen atoms in total. The first-order valence-electron chi connectivity index (χ1n) is 15.4. The Bertz CT molecular complexity index is 1910. The lowest BCUT2D eigenvalue weighted by Crippen LogP contribution is -2.43. The molecule has 4 aromatic rings. The number of imide groups is 1. The number of rotatable bonds is 11. The van der Waals surface area contributed by atoms with Crippen molar-refractivity contribution in [2.24, 2.45) is 5.92 Å². The van der Waals surface area contributed by atoms with Gasteiger partial charge in [0.05, 0.1) is 26.5 Å². The summed E-state index contributed by atoms with van der Waals surface area (Å²) in [5, 5.41) is 15.0. The number of aryl methyl sites for hydroxylation is 1. The lowest BCUT2D eigenvalue weighted by Gasteiger charge is -2.27. The lowest BCUT2D eigenvalue weighted by molar-refractivity contribution is -0.140. The monoisotopic (exact) mass is 630 g/mol. The van der Waals surface area contributed by atoms with Gasteiger partial charge >= 0.3 is 0 Å². The van der Waals surface area contributed by atoms with Crippen LogP contribution in [0.3, 0.4) is 0 Å². The van der Waals surface area contributed by atoms with E-state index in [2.05, 4.69) is 13.8 Å². The van der Waals surface area contributed by atoms with Gasteiger partial charge in [-0.15, -0.1) is 0 Å². The minimum atomic E-state index is -0.610. The molecular weight excluding hydrogens is 592 g/mol. The van der Waals surface area contributed by atoms with Gasteiger partial charge in [-0.2, -0.15) is 10.4 Å². The van der Waals surface area contributed by atoms with Gasteiger partial charge in [-0.1, -0.05) is 38.1 Å². The predicted molar refractivity (Wildman–Crippen MR) is 180 cm³/mol. The van der Waals surface area contributed by atoms with E-state index in [1.807, 2.05) is 79.9 Å². The normalized spacial score (nSPS) is 14.2. The zero-order valence-corrected chi connectivity index (χ0v) is 27.5. The molecule has 2 heterocycles. The topological polar surface area (TPSA) is 107 Å². The molecule has 0 aliphatic carbocycles. The highest BCUT2D eigenvalue weighted by Crippen LogP contribution is 2.34. The summed E-state index contributed by atoms with van der Waals surface area (Å²) in [5.41, 5.74) is 5.37. The van der Waals surface area contributed by atoms with Crippen molar-refractivity contribution in [3.63, 3.8) is 0 Å². The highest BCUT2D eigenvalue weighted by molar-refractivity contribution is 6.19. The highest BCUT2D eigenvalue weighted by Gasteiger charge is 2.35. The fourth-order valence-electron chi connectivity index (χ4n) is 5.44. The molecule has 1 aliphatic heterocycles. The van der Waals surface area contributed by atoms with Gasteiger partial charge < -0.3 is 14.2 Å². The SMILES string of the molecule is COc1ccc(CCN2C(=O)C(C#N)=C(C)/C(=C\c3cn(-c4ccccc4)nc3-c3ccc(OCC(C)C)cc3C)C2=O)cc1OC. The maximum atomic E-state index is 14.0. The van der Waals surface area contributed by atoms with Gasteiger partial charge in [0.2, 0.25) is 0 Å². The molecule has 47 heavy (non-hydrogen) atoms. The summed E-state index contributed by atoms with van der Waals surface area (Å²) in [5.74, 6) is 1.21. The summed E-state index contributed by atoms with van der Waals surface area (Å²) >= 11 is 0. The Morgan fingerprint density at radius 2 is 1.68 bits per heavy atom. The number of carbonyl (C=O) groups is 2. The smallest absolute Gasteiger partial charge is 0.271 e. The Balaban J connectivity index is 1.56. The number of nitriles is 1. The fourth-order valence-corrected chi connectivity index (χ4v) is 5.44. The van der Waals surface area contributed by atoms with Crippen LogP contribution >= 0.6 is 0 Å². The molecule has 0 atom stereocenters. The molecule has 2 amide bonds. The molecule has 0 saturated carbocycles. The number of carbonyl (C=O) groups excluding carboxylic acids is 2. The second-order valence-corrected chi connectivity index (χ2v) is 11.8. The Morgan fingerprint density at radius 1 is 0.936 bits per heavy atom. The van der Waals surface area contributed by atoms with Crippen LogP contribution < -0.4 is 14.2 Å². The van der Waals surface area contributed by atoms with Crippen LogP contribution in [0.25, 0.3) is 23.0 Å². The maximum Gasteiger partial charge on any atom is 0.271 e. The Labute approximate surface area is 275 Å². The Hall–Kier alpha value is -5.62. The molecule has 5 rings (SSSR count). The third-order valence-electron chi connectivity index (χ3n) is 8.00. The first-order chi connectivity index (χ1) is 22.6. The molecule has 0 unspecified atom stereocenters. The predicted octanol–water partition coefficient (Wildman–Crippen LogP) is 6.73. The van der Waals surface area contributed by atoms with E-state index >= 15 is 0 Å². The van der Waals surface area contributed by atoms with Crippen molar-refractivity contribution < 1.29 is 23.8 Å². The van der Waals surface area contributed by atoms with E-state index in [0.717, 1.165) is 33.0 Å². The van der Waals surface area contributed by atoms with Gasteiger partial charge in [-0.05, 0) is 91.4 Å². The van der Waals surface area contributed by atoms with E-state index in [1.54, 1.807) is 38.0 Å². The average Bonchev–Trinajstić information content (AvgIpc) is 3.49. The van der Waals surface area contributed by atoms with E-state index < -0.39 is 11.8 Å². The second-order valence-electron chi connectivity index (χ2n) is 11.8. The molecule has 0 N–H and O–H groups in total. The third-order valence-corrected chi connectivity index (χ3v) is 8.00. The van der Waals surface area contributed by atoms with Crippen LogP contribution in [0.4, 0.5) is 0 Å². The van der Waals surface area contributed by atoms with Gasteiger partial charge in [0.15, 0.2) is 11.5 Å². The van der Waals surface area contributed by atoms with Crippen LogP contribution in [0.15, 0.2) is 89.6 Å². The van der Waals surface area contributed by atoms with Crippen LogP contribution in [0.2, 0.25) is 0 Å². The van der Waals surface area contributed by atoms with Crippen LogP contribution in [0, 0.1) is 24.2 Å². The van der Waals surface area contributed by atoms with E-state index in [0.29, 0.717) is 47.3 Å². The minimum Gasteiger partial charge on any atom is -0.493 e. The van der Waals surface area contributed by atoms with Crippen molar-refractivity contribution in [3.8, 4) is 40.3 Å². The van der Waals surface area contributed by atoms with Gasteiger partial charge in [0.25, 0.3) is 11.8 Å². The first-order valence-corrected chi connectivity index (χ1v) is 15.4. The molecule has 3 aromatic carbocycles. The summed E-state index contributed by atoms with van der Waals surface area (Å²) in [7, 11) is 3.11. The van der Waals surface area contributed by atoms with Crippen molar-refractivity contribution in [1.82, 2.24) is 14.7 Å². The van der Waals surface area contributed by atoms with Crippen LogP contribution in [-0.2, 0) is 16.0 Å². The molecule has 0 radical (unpaired) electrons. The molecule has 0 bridgehead atoms. The van der Waals surface area contributed by atoms with E-state index in [-0.39, 0.29) is 17.7 Å². The summed E-state index contributed by atoms with van der Waals surface area (Å²) in [6.45, 7) is 8.52. The molecule has 9 heteroatoms. The molecular formula is C38H38N4O5. The minimum absolute atomic E-state index is 0.0667. The zero-order chi connectivity index (χ0) is 33.7. The molecule has 0 saturated heterocycles. The van der Waals surface area contributed by atoms with E-state index in [9.17, 15) is 14.9 Å². The van der Waals surface area contributed by atoms with Crippen molar-refractivity contribution >= 4 is 17.9 Å². The standard InChI is InChI=1S/C38H38N4O5/c1-24(2)23-47-30-13-14-31(25(3)18-30)36-28(22-42(40-36)29-10-8-7-9-11-29)20-32-26(4)33(21-39)38(44)41(37(32)43)17-16-27-12-15-34(45-5)35(19-27)46-6/h7-15,18-20,22,24H,16-17,23H2,1-6H3/b32-20+. The zero-order valence-electron chi connectivity index (χ0n) is 27.5. The second kappa shape index (κ2) is 14.2. The lowest BCUT2D eigenvalue weighted by atomic mass is 9.92. The van der Waals surface area contributed by atoms with Gasteiger partial charge in [-0.25, -0.2) is 4.68 Å². The number of methoxy groups -OCH3 is 2. The molecule has 1 aliphatic rings. The first kappa shape index (κ1) is 32.8. The molecule has 0 fully saturated rings. The van der Waals surface area contributed by atoms with Crippen LogP contribution in [0.5, 0.6) is 17.2 Å². The number of benzene rings is 3. The summed E-state index contributed by atoms with van der Waals surface area (Å²) < 4.78 is 18.5. The van der Waals surface area contributed by atoms with E-state index in [1.165, 1.54) is 0 Å². The quantitative estimate of drug-likeness (QED) is 0.134. The number of aromatic nitrogens is 2. The Morgan fingerprint density at radius 3 is 2.34 bits per heavy atom. The fraction of sp³-hybridized carbons (Fsp3) is 0.263. The van der Waals surface area contributed by atoms with E-state index in [4.69, 9.17) is 19.3 Å². The van der Waals surface area contributed by atoms with Crippen molar-refractivity contribution in [1.29, 1.82) is 5.26 Å². The van der Waals surface area contributed by atoms with Gasteiger partial charge in [-0.3, -0.25) is 14.5 Å². The largest absolute Gasteiger partial charge is 0.493 e. The number of amides is 2. The average molecular weight is 631 g/mol.